The van der Waals surface area contributed by atoms with E-state index in [0.29, 0.717) is 34.5 Å². The van der Waals surface area contributed by atoms with E-state index in [9.17, 15) is 4.79 Å². The zero-order chi connectivity index (χ0) is 22.1. The molecule has 7 heteroatoms. The smallest absolute Gasteiger partial charge is 0.245 e. The summed E-state index contributed by atoms with van der Waals surface area (Å²) in [6.07, 6.45) is 4.93. The highest BCUT2D eigenvalue weighted by atomic mass is 35.5. The van der Waals surface area contributed by atoms with Gasteiger partial charge in [-0.05, 0) is 48.0 Å². The average molecular weight is 444 g/mol. The van der Waals surface area contributed by atoms with Gasteiger partial charge in [-0.25, -0.2) is 4.98 Å². The first-order valence-corrected chi connectivity index (χ1v) is 10.3. The Balaban J connectivity index is 1.56. The molecule has 0 amide bonds. The minimum atomic E-state index is -0.257. The third-order valence-corrected chi connectivity index (χ3v) is 5.46. The summed E-state index contributed by atoms with van der Waals surface area (Å²) in [5.41, 5.74) is 3.06. The number of aromatic nitrogens is 3. The lowest BCUT2D eigenvalue weighted by atomic mass is 10.1. The van der Waals surface area contributed by atoms with Gasteiger partial charge in [0.2, 0.25) is 11.7 Å². The van der Waals surface area contributed by atoms with Crippen molar-refractivity contribution < 1.29 is 13.9 Å². The van der Waals surface area contributed by atoms with E-state index >= 15 is 0 Å². The first-order chi connectivity index (χ1) is 15.6. The van der Waals surface area contributed by atoms with E-state index in [-0.39, 0.29) is 11.5 Å². The van der Waals surface area contributed by atoms with E-state index < -0.39 is 0 Å². The van der Waals surface area contributed by atoms with E-state index in [2.05, 4.69) is 9.97 Å². The number of methoxy groups -OCH3 is 1. The van der Waals surface area contributed by atoms with Crippen molar-refractivity contribution in [3.05, 3.63) is 101 Å². The van der Waals surface area contributed by atoms with Crippen LogP contribution in [-0.2, 0) is 6.54 Å². The number of halogens is 1. The van der Waals surface area contributed by atoms with Gasteiger partial charge in [0.1, 0.15) is 11.4 Å². The summed E-state index contributed by atoms with van der Waals surface area (Å²) in [6.45, 7) is 0.586. The van der Waals surface area contributed by atoms with E-state index in [0.717, 1.165) is 16.5 Å². The van der Waals surface area contributed by atoms with Crippen molar-refractivity contribution in [2.24, 2.45) is 0 Å². The molecule has 0 saturated carbocycles. The Morgan fingerprint density at radius 2 is 1.94 bits per heavy atom. The number of carbonyl (C=O) groups excluding carboxylic acids is 1. The third-order valence-electron chi connectivity index (χ3n) is 5.21. The normalized spacial score (nSPS) is 11.1. The van der Waals surface area contributed by atoms with Crippen LogP contribution in [0.2, 0.25) is 5.02 Å². The number of hydrogen-bond acceptors (Lipinski definition) is 5. The van der Waals surface area contributed by atoms with Crippen LogP contribution in [0.15, 0.2) is 83.7 Å². The molecule has 5 rings (SSSR count). The van der Waals surface area contributed by atoms with Crippen molar-refractivity contribution >= 4 is 28.3 Å². The van der Waals surface area contributed by atoms with Crippen LogP contribution in [0.3, 0.4) is 0 Å². The molecule has 0 saturated heterocycles. The summed E-state index contributed by atoms with van der Waals surface area (Å²) in [7, 11) is 1.60. The number of hydrogen-bond donors (Lipinski definition) is 0. The molecule has 0 radical (unpaired) electrons. The second kappa shape index (κ2) is 8.32. The van der Waals surface area contributed by atoms with Crippen LogP contribution in [0.25, 0.3) is 22.5 Å². The number of oxazole rings is 1. The van der Waals surface area contributed by atoms with Gasteiger partial charge in [-0.2, -0.15) is 0 Å². The molecule has 0 N–H and O–H groups in total. The lowest BCUT2D eigenvalue weighted by Crippen LogP contribution is -2.00. The number of ether oxygens (including phenoxy) is 1. The Morgan fingerprint density at radius 1 is 1.09 bits per heavy atom. The van der Waals surface area contributed by atoms with Crippen LogP contribution in [0.1, 0.15) is 21.7 Å². The number of rotatable bonds is 6. The molecule has 0 unspecified atom stereocenters. The molecule has 0 atom stereocenters. The number of fused-ring (bicyclic) bond motifs is 1. The molecular weight excluding hydrogens is 426 g/mol. The first kappa shape index (κ1) is 20.0. The predicted octanol–water partition coefficient (Wildman–Crippen LogP) is 5.63. The molecule has 0 bridgehead atoms. The Morgan fingerprint density at radius 3 is 2.69 bits per heavy atom. The van der Waals surface area contributed by atoms with Crippen molar-refractivity contribution in [2.75, 3.05) is 7.11 Å². The lowest BCUT2D eigenvalue weighted by Gasteiger charge is -2.06. The number of carbonyl (C=O) groups is 1. The maximum absolute atomic E-state index is 13.4. The molecule has 3 heterocycles. The number of benzene rings is 2. The van der Waals surface area contributed by atoms with Gasteiger partial charge >= 0.3 is 0 Å². The summed E-state index contributed by atoms with van der Waals surface area (Å²) in [6, 6.07) is 18.7. The van der Waals surface area contributed by atoms with E-state index in [1.54, 1.807) is 25.4 Å². The SMILES string of the molecule is COc1ccc2c(c1)c(C(=O)c1cnc(-c3ccccn3)o1)cn2Cc1ccc(Cl)cc1. The highest BCUT2D eigenvalue weighted by molar-refractivity contribution is 6.30. The van der Waals surface area contributed by atoms with Crippen LogP contribution >= 0.6 is 11.6 Å². The van der Waals surface area contributed by atoms with Gasteiger partial charge < -0.3 is 13.7 Å². The summed E-state index contributed by atoms with van der Waals surface area (Å²) < 4.78 is 13.2. The molecule has 158 valence electrons. The van der Waals surface area contributed by atoms with Gasteiger partial charge in [0.05, 0.1) is 18.9 Å². The second-order valence-electron chi connectivity index (χ2n) is 7.25. The summed E-state index contributed by atoms with van der Waals surface area (Å²) in [5, 5.41) is 1.46. The van der Waals surface area contributed by atoms with Crippen LogP contribution in [0.4, 0.5) is 0 Å². The van der Waals surface area contributed by atoms with Gasteiger partial charge in [0.15, 0.2) is 5.76 Å². The third kappa shape index (κ3) is 3.76. The topological polar surface area (TPSA) is 70.2 Å². The highest BCUT2D eigenvalue weighted by Crippen LogP contribution is 2.29. The van der Waals surface area contributed by atoms with E-state index in [1.165, 1.54) is 6.20 Å². The molecule has 2 aromatic carbocycles. The Kier molecular flexibility index (Phi) is 5.21. The zero-order valence-corrected chi connectivity index (χ0v) is 17.9. The lowest BCUT2D eigenvalue weighted by molar-refractivity contribution is 0.101. The molecule has 6 nitrogen and oxygen atoms in total. The molecule has 0 aliphatic carbocycles. The van der Waals surface area contributed by atoms with Crippen LogP contribution in [0, 0.1) is 0 Å². The molecule has 32 heavy (non-hydrogen) atoms. The molecule has 0 fully saturated rings. The largest absolute Gasteiger partial charge is 0.497 e. The predicted molar refractivity (Wildman–Crippen MR) is 122 cm³/mol. The molecular formula is C25H18ClN3O3. The second-order valence-corrected chi connectivity index (χ2v) is 7.69. The molecule has 3 aromatic heterocycles. The van der Waals surface area contributed by atoms with Gasteiger partial charge in [-0.3, -0.25) is 9.78 Å². The van der Waals surface area contributed by atoms with Crippen LogP contribution in [0.5, 0.6) is 5.75 Å². The van der Waals surface area contributed by atoms with E-state index in [4.69, 9.17) is 20.8 Å². The minimum Gasteiger partial charge on any atom is -0.497 e. The summed E-state index contributed by atoms with van der Waals surface area (Å²) in [5.74, 6) is 0.866. The van der Waals surface area contributed by atoms with Crippen molar-refractivity contribution in [3.8, 4) is 17.3 Å². The van der Waals surface area contributed by atoms with E-state index in [1.807, 2.05) is 59.3 Å². The Hall–Kier alpha value is -3.90. The van der Waals surface area contributed by atoms with Crippen molar-refractivity contribution in [3.63, 3.8) is 0 Å². The summed E-state index contributed by atoms with van der Waals surface area (Å²) in [4.78, 5) is 21.9. The fourth-order valence-corrected chi connectivity index (χ4v) is 3.75. The van der Waals surface area contributed by atoms with Crippen LogP contribution < -0.4 is 4.74 Å². The quantitative estimate of drug-likeness (QED) is 0.318. The minimum absolute atomic E-state index is 0.152. The van der Waals surface area contributed by atoms with Crippen molar-refractivity contribution in [2.45, 2.75) is 6.54 Å². The fourth-order valence-electron chi connectivity index (χ4n) is 3.62. The molecule has 0 aliphatic rings. The van der Waals surface area contributed by atoms with Gasteiger partial charge in [0, 0.05) is 34.9 Å². The maximum atomic E-state index is 13.4. The molecule has 0 spiro atoms. The van der Waals surface area contributed by atoms with Crippen molar-refractivity contribution in [1.82, 2.24) is 14.5 Å². The van der Waals surface area contributed by atoms with Gasteiger partial charge in [-0.15, -0.1) is 0 Å². The Labute approximate surface area is 189 Å². The van der Waals surface area contributed by atoms with Gasteiger partial charge in [-0.1, -0.05) is 29.8 Å². The number of nitrogens with zero attached hydrogens (tertiary/aromatic N) is 3. The standard InChI is InChI=1S/C25H18ClN3O3/c1-31-18-9-10-22-19(12-18)20(15-29(22)14-16-5-7-17(26)8-6-16)24(30)23-13-28-25(32-23)21-4-2-3-11-27-21/h2-13,15H,14H2,1H3. The average Bonchev–Trinajstić information content (AvgIpc) is 3.46. The molecule has 0 aliphatic heterocycles. The number of pyridine rings is 1. The van der Waals surface area contributed by atoms with Gasteiger partial charge in [0.25, 0.3) is 0 Å². The monoisotopic (exact) mass is 443 g/mol. The van der Waals surface area contributed by atoms with Crippen LogP contribution in [-0.4, -0.2) is 27.4 Å². The number of ketones is 1. The zero-order valence-electron chi connectivity index (χ0n) is 17.2. The first-order valence-electron chi connectivity index (χ1n) is 9.95. The highest BCUT2D eigenvalue weighted by Gasteiger charge is 2.22. The Bertz CT molecular complexity index is 1410. The fraction of sp³-hybridized carbons (Fsp3) is 0.0800. The molecule has 5 aromatic rings. The summed E-state index contributed by atoms with van der Waals surface area (Å²) >= 11 is 6.02. The maximum Gasteiger partial charge on any atom is 0.245 e. The van der Waals surface area contributed by atoms with Crippen molar-refractivity contribution in [1.29, 1.82) is 0 Å².